The Hall–Kier alpha value is -3.51. The van der Waals surface area contributed by atoms with E-state index in [1.807, 2.05) is 43.3 Å². The number of methoxy groups -OCH3 is 1. The van der Waals surface area contributed by atoms with Crippen LogP contribution in [-0.2, 0) is 11.2 Å². The molecule has 0 saturated carbocycles. The Morgan fingerprint density at radius 1 is 1.11 bits per heavy atom. The van der Waals surface area contributed by atoms with Gasteiger partial charge in [-0.25, -0.2) is 0 Å². The van der Waals surface area contributed by atoms with Crippen molar-refractivity contribution in [3.8, 4) is 11.5 Å². The zero-order chi connectivity index (χ0) is 25.1. The average Bonchev–Trinajstić information content (AvgIpc) is 2.88. The molecular weight excluding hydrogens is 464 g/mol. The zero-order valence-corrected chi connectivity index (χ0v) is 21.1. The van der Waals surface area contributed by atoms with Gasteiger partial charge in [-0.15, -0.1) is 0 Å². The zero-order valence-electron chi connectivity index (χ0n) is 20.3. The summed E-state index contributed by atoms with van der Waals surface area (Å²) in [7, 11) is 3.19. The first kappa shape index (κ1) is 24.6. The second kappa shape index (κ2) is 10.4. The molecule has 4 rings (SSSR count). The van der Waals surface area contributed by atoms with Crippen molar-refractivity contribution >= 4 is 29.1 Å². The minimum absolute atomic E-state index is 0.00881. The lowest BCUT2D eigenvalue weighted by Gasteiger charge is -2.38. The highest BCUT2D eigenvalue weighted by atomic mass is 35.5. The van der Waals surface area contributed by atoms with Crippen LogP contribution < -0.4 is 19.7 Å². The number of fused-ring (bicyclic) bond motifs is 1. The Balaban J connectivity index is 1.87. The van der Waals surface area contributed by atoms with Gasteiger partial charge < -0.3 is 19.7 Å². The van der Waals surface area contributed by atoms with E-state index in [-0.39, 0.29) is 24.3 Å². The fourth-order valence-corrected chi connectivity index (χ4v) is 4.42. The van der Waals surface area contributed by atoms with Gasteiger partial charge in [-0.05, 0) is 78.6 Å². The van der Waals surface area contributed by atoms with Crippen LogP contribution in [0.25, 0.3) is 0 Å². The molecule has 0 radical (unpaired) electrons. The summed E-state index contributed by atoms with van der Waals surface area (Å²) < 4.78 is 11.8. The van der Waals surface area contributed by atoms with Crippen LogP contribution in [0.1, 0.15) is 53.4 Å². The van der Waals surface area contributed by atoms with E-state index in [4.69, 9.17) is 21.1 Å². The molecule has 0 bridgehead atoms. The van der Waals surface area contributed by atoms with E-state index < -0.39 is 6.04 Å². The highest BCUT2D eigenvalue weighted by Gasteiger charge is 2.36. The molecule has 6 nitrogen and oxygen atoms in total. The van der Waals surface area contributed by atoms with Crippen LogP contribution in [0.3, 0.4) is 0 Å². The number of anilines is 1. The quantitative estimate of drug-likeness (QED) is 0.468. The van der Waals surface area contributed by atoms with Crippen molar-refractivity contribution in [2.24, 2.45) is 0 Å². The van der Waals surface area contributed by atoms with Gasteiger partial charge >= 0.3 is 0 Å². The Morgan fingerprint density at radius 2 is 1.80 bits per heavy atom. The lowest BCUT2D eigenvalue weighted by atomic mass is 9.86. The number of amides is 2. The summed E-state index contributed by atoms with van der Waals surface area (Å²) in [4.78, 5) is 27.3. The predicted octanol–water partition coefficient (Wildman–Crippen LogP) is 5.56. The number of hydrogen-bond donors (Lipinski definition) is 1. The first-order valence-electron chi connectivity index (χ1n) is 11.6. The van der Waals surface area contributed by atoms with Crippen molar-refractivity contribution in [2.75, 3.05) is 19.1 Å². The van der Waals surface area contributed by atoms with E-state index in [1.165, 1.54) is 0 Å². The van der Waals surface area contributed by atoms with Gasteiger partial charge in [-0.1, -0.05) is 30.7 Å². The molecule has 1 N–H and O–H groups in total. The number of nitrogens with zero attached hydrogens (tertiary/aromatic N) is 1. The molecule has 1 heterocycles. The van der Waals surface area contributed by atoms with Crippen molar-refractivity contribution in [1.29, 1.82) is 0 Å². The van der Waals surface area contributed by atoms with Gasteiger partial charge in [0.1, 0.15) is 0 Å². The molecule has 182 valence electrons. The second-order valence-corrected chi connectivity index (χ2v) is 9.00. The average molecular weight is 493 g/mol. The van der Waals surface area contributed by atoms with Gasteiger partial charge in [0.25, 0.3) is 5.91 Å². The standard InChI is InChI=1S/C28H29ClN2O4/c1-5-17(2)35-25-16-23-20(14-24(25)34-4)15-26(32)31(27(23)18-6-10-21(29)11-7-18)22-12-8-19(9-13-22)28(33)30-3/h6-14,16-17,27H,5,15H2,1-4H3,(H,30,33). The minimum Gasteiger partial charge on any atom is -0.493 e. The smallest absolute Gasteiger partial charge is 0.251 e. The van der Waals surface area contributed by atoms with Crippen molar-refractivity contribution in [3.63, 3.8) is 0 Å². The monoisotopic (exact) mass is 492 g/mol. The highest BCUT2D eigenvalue weighted by molar-refractivity contribution is 6.30. The number of carbonyl (C=O) groups is 2. The van der Waals surface area contributed by atoms with Gasteiger partial charge in [0.2, 0.25) is 5.91 Å². The summed E-state index contributed by atoms with van der Waals surface area (Å²) in [5, 5.41) is 3.24. The van der Waals surface area contributed by atoms with E-state index in [1.54, 1.807) is 43.3 Å². The van der Waals surface area contributed by atoms with Crippen LogP contribution in [0, 0.1) is 0 Å². The topological polar surface area (TPSA) is 67.9 Å². The van der Waals surface area contributed by atoms with E-state index >= 15 is 0 Å². The molecule has 0 spiro atoms. The van der Waals surface area contributed by atoms with Crippen molar-refractivity contribution in [3.05, 3.63) is 87.9 Å². The Bertz CT molecular complexity index is 1220. The number of benzene rings is 3. The molecule has 7 heteroatoms. The normalized spacial score (nSPS) is 15.9. The molecule has 0 aromatic heterocycles. The third-order valence-electron chi connectivity index (χ3n) is 6.31. The number of ether oxygens (including phenoxy) is 2. The van der Waals surface area contributed by atoms with Crippen LogP contribution >= 0.6 is 11.6 Å². The predicted molar refractivity (Wildman–Crippen MR) is 138 cm³/mol. The molecule has 2 amide bonds. The Morgan fingerprint density at radius 3 is 2.40 bits per heavy atom. The molecule has 35 heavy (non-hydrogen) atoms. The first-order valence-corrected chi connectivity index (χ1v) is 12.0. The van der Waals surface area contributed by atoms with E-state index in [2.05, 4.69) is 12.2 Å². The van der Waals surface area contributed by atoms with Crippen molar-refractivity contribution in [2.45, 2.75) is 38.8 Å². The van der Waals surface area contributed by atoms with Crippen LogP contribution in [0.5, 0.6) is 11.5 Å². The largest absolute Gasteiger partial charge is 0.493 e. The number of hydrogen-bond acceptors (Lipinski definition) is 4. The Labute approximate surface area is 210 Å². The number of nitrogens with one attached hydrogen (secondary N) is 1. The van der Waals surface area contributed by atoms with Gasteiger partial charge in [0.15, 0.2) is 11.5 Å². The van der Waals surface area contributed by atoms with E-state index in [9.17, 15) is 9.59 Å². The molecule has 3 aromatic carbocycles. The van der Waals surface area contributed by atoms with Gasteiger partial charge in [-0.2, -0.15) is 0 Å². The first-order chi connectivity index (χ1) is 16.9. The summed E-state index contributed by atoms with van der Waals surface area (Å²) in [6.07, 6.45) is 1.08. The van der Waals surface area contributed by atoms with Gasteiger partial charge in [0, 0.05) is 23.3 Å². The highest BCUT2D eigenvalue weighted by Crippen LogP contribution is 2.43. The molecule has 0 saturated heterocycles. The van der Waals surface area contributed by atoms with Crippen LogP contribution in [0.4, 0.5) is 5.69 Å². The van der Waals surface area contributed by atoms with E-state index in [0.717, 1.165) is 23.1 Å². The second-order valence-electron chi connectivity index (χ2n) is 8.56. The minimum atomic E-state index is -0.403. The maximum Gasteiger partial charge on any atom is 0.251 e. The summed E-state index contributed by atoms with van der Waals surface area (Å²) in [6.45, 7) is 4.08. The lowest BCUT2D eigenvalue weighted by molar-refractivity contribution is -0.118. The molecule has 2 atom stereocenters. The number of rotatable bonds is 7. The Kier molecular flexibility index (Phi) is 7.31. The molecule has 2 unspecified atom stereocenters. The molecule has 3 aromatic rings. The number of carbonyl (C=O) groups excluding carboxylic acids is 2. The SMILES string of the molecule is CCC(C)Oc1cc2c(cc1OC)CC(=O)N(c1ccc(C(=O)NC)cc1)C2c1ccc(Cl)cc1. The number of halogens is 1. The van der Waals surface area contributed by atoms with Crippen LogP contribution in [0.2, 0.25) is 5.02 Å². The molecule has 1 aliphatic heterocycles. The van der Waals surface area contributed by atoms with E-state index in [0.29, 0.717) is 27.8 Å². The summed E-state index contributed by atoms with van der Waals surface area (Å²) in [6, 6.07) is 18.0. The molecular formula is C28H29ClN2O4. The fraction of sp³-hybridized carbons (Fsp3) is 0.286. The van der Waals surface area contributed by atoms with Crippen LogP contribution in [0.15, 0.2) is 60.7 Å². The molecule has 1 aliphatic rings. The third kappa shape index (κ3) is 4.98. The van der Waals surface area contributed by atoms with Crippen molar-refractivity contribution in [1.82, 2.24) is 5.32 Å². The van der Waals surface area contributed by atoms with Gasteiger partial charge in [-0.3, -0.25) is 9.59 Å². The van der Waals surface area contributed by atoms with Gasteiger partial charge in [0.05, 0.1) is 25.7 Å². The third-order valence-corrected chi connectivity index (χ3v) is 6.56. The summed E-state index contributed by atoms with van der Waals surface area (Å²) in [5.74, 6) is 1.02. The van der Waals surface area contributed by atoms with Crippen LogP contribution in [-0.4, -0.2) is 32.1 Å². The summed E-state index contributed by atoms with van der Waals surface area (Å²) >= 11 is 6.18. The maximum absolute atomic E-state index is 13.5. The fourth-order valence-electron chi connectivity index (χ4n) is 4.29. The lowest BCUT2D eigenvalue weighted by Crippen LogP contribution is -2.41. The molecule has 0 aliphatic carbocycles. The molecule has 0 fully saturated rings. The summed E-state index contributed by atoms with van der Waals surface area (Å²) in [5.41, 5.74) is 3.99. The maximum atomic E-state index is 13.5. The van der Waals surface area contributed by atoms with Crippen molar-refractivity contribution < 1.29 is 19.1 Å².